The Kier molecular flexibility index (Phi) is 3.05. The van der Waals surface area contributed by atoms with Crippen molar-refractivity contribution in [3.05, 3.63) is 28.0 Å². The lowest BCUT2D eigenvalue weighted by molar-refractivity contribution is 0.407. The fraction of sp³-hybridized carbons (Fsp3) is 0.250. The molecule has 0 saturated carbocycles. The lowest BCUT2D eigenvalue weighted by Gasteiger charge is -2.06. The minimum atomic E-state index is -0.350. The van der Waals surface area contributed by atoms with Gasteiger partial charge in [-0.15, -0.1) is 0 Å². The van der Waals surface area contributed by atoms with Crippen LogP contribution in [0.15, 0.2) is 16.6 Å². The van der Waals surface area contributed by atoms with Gasteiger partial charge in [0.25, 0.3) is 0 Å². The predicted molar refractivity (Wildman–Crippen MR) is 48.5 cm³/mol. The van der Waals surface area contributed by atoms with E-state index in [0.717, 1.165) is 0 Å². The van der Waals surface area contributed by atoms with E-state index in [9.17, 15) is 4.39 Å². The first-order chi connectivity index (χ1) is 5.70. The fourth-order valence-electron chi connectivity index (χ4n) is 0.887. The third-order valence-corrected chi connectivity index (χ3v) is 2.31. The van der Waals surface area contributed by atoms with Crippen LogP contribution in [0.25, 0.3) is 0 Å². The second-order valence-corrected chi connectivity index (χ2v) is 3.05. The average Bonchev–Trinajstić information content (AvgIpc) is 2.10. The highest BCUT2D eigenvalue weighted by Crippen LogP contribution is 2.29. The van der Waals surface area contributed by atoms with Crippen molar-refractivity contribution < 1.29 is 9.13 Å². The van der Waals surface area contributed by atoms with Gasteiger partial charge in [0.2, 0.25) is 0 Å². The first-order valence-electron chi connectivity index (χ1n) is 3.41. The Balaban J connectivity index is 3.20. The molecule has 0 aliphatic carbocycles. The van der Waals surface area contributed by atoms with Crippen LogP contribution in [-0.2, 0) is 6.54 Å². The molecule has 1 aromatic rings. The summed E-state index contributed by atoms with van der Waals surface area (Å²) >= 11 is 3.08. The Morgan fingerprint density at radius 2 is 2.25 bits per heavy atom. The maximum Gasteiger partial charge on any atom is 0.145 e. The van der Waals surface area contributed by atoms with Crippen molar-refractivity contribution in [1.82, 2.24) is 0 Å². The number of benzene rings is 1. The van der Waals surface area contributed by atoms with Crippen molar-refractivity contribution in [2.45, 2.75) is 6.54 Å². The molecule has 66 valence electrons. The highest BCUT2D eigenvalue weighted by Gasteiger charge is 2.09. The molecule has 0 unspecified atom stereocenters. The van der Waals surface area contributed by atoms with Crippen LogP contribution in [0.1, 0.15) is 5.56 Å². The molecule has 0 aromatic heterocycles. The summed E-state index contributed by atoms with van der Waals surface area (Å²) in [5.41, 5.74) is 5.78. The summed E-state index contributed by atoms with van der Waals surface area (Å²) in [6.07, 6.45) is 0. The summed E-state index contributed by atoms with van der Waals surface area (Å²) in [6.45, 7) is 0.189. The minimum absolute atomic E-state index is 0.189. The van der Waals surface area contributed by atoms with E-state index in [4.69, 9.17) is 10.5 Å². The quantitative estimate of drug-likeness (QED) is 0.849. The van der Waals surface area contributed by atoms with Crippen LogP contribution in [0.2, 0.25) is 0 Å². The number of nitrogens with two attached hydrogens (primary N) is 1. The maximum atomic E-state index is 13.2. The summed E-state index contributed by atoms with van der Waals surface area (Å²) in [5, 5.41) is 0. The topological polar surface area (TPSA) is 35.2 Å². The van der Waals surface area contributed by atoms with Crippen molar-refractivity contribution >= 4 is 15.9 Å². The van der Waals surface area contributed by atoms with E-state index in [-0.39, 0.29) is 12.4 Å². The van der Waals surface area contributed by atoms with Gasteiger partial charge in [-0.2, -0.15) is 0 Å². The molecular weight excluding hydrogens is 225 g/mol. The lowest BCUT2D eigenvalue weighted by atomic mass is 10.2. The monoisotopic (exact) mass is 233 g/mol. The van der Waals surface area contributed by atoms with E-state index in [1.54, 1.807) is 12.1 Å². The molecule has 0 spiro atoms. The number of rotatable bonds is 2. The van der Waals surface area contributed by atoms with E-state index in [1.807, 2.05) is 0 Å². The third-order valence-electron chi connectivity index (χ3n) is 1.57. The van der Waals surface area contributed by atoms with E-state index >= 15 is 0 Å². The first kappa shape index (κ1) is 9.48. The molecule has 0 saturated heterocycles. The van der Waals surface area contributed by atoms with Gasteiger partial charge in [0.05, 0.1) is 11.6 Å². The molecule has 2 N–H and O–H groups in total. The molecule has 0 bridgehead atoms. The van der Waals surface area contributed by atoms with E-state index in [0.29, 0.717) is 15.8 Å². The van der Waals surface area contributed by atoms with E-state index in [1.165, 1.54) is 7.11 Å². The molecule has 0 fully saturated rings. The van der Waals surface area contributed by atoms with Crippen LogP contribution < -0.4 is 10.5 Å². The standard InChI is InChI=1S/C8H9BrFNO/c1-12-6-3-2-5(4-11)8(10)7(6)9/h2-3H,4,11H2,1H3. The molecule has 2 nitrogen and oxygen atoms in total. The van der Waals surface area contributed by atoms with Gasteiger partial charge in [-0.3, -0.25) is 0 Å². The number of halogens is 2. The van der Waals surface area contributed by atoms with Crippen molar-refractivity contribution in [3.8, 4) is 5.75 Å². The summed E-state index contributed by atoms with van der Waals surface area (Å²) in [4.78, 5) is 0. The fourth-order valence-corrected chi connectivity index (χ4v) is 1.44. The summed E-state index contributed by atoms with van der Waals surface area (Å²) in [6, 6.07) is 3.29. The normalized spacial score (nSPS) is 10.0. The minimum Gasteiger partial charge on any atom is -0.495 e. The smallest absolute Gasteiger partial charge is 0.145 e. The highest BCUT2D eigenvalue weighted by molar-refractivity contribution is 9.10. The number of hydrogen-bond acceptors (Lipinski definition) is 2. The Bertz CT molecular complexity index is 262. The van der Waals surface area contributed by atoms with Gasteiger partial charge in [-0.05, 0) is 22.0 Å². The summed E-state index contributed by atoms with van der Waals surface area (Å²) in [5.74, 6) is 0.126. The van der Waals surface area contributed by atoms with Gasteiger partial charge >= 0.3 is 0 Å². The molecule has 0 radical (unpaired) electrons. The second-order valence-electron chi connectivity index (χ2n) is 2.26. The van der Waals surface area contributed by atoms with Crippen LogP contribution in [-0.4, -0.2) is 7.11 Å². The van der Waals surface area contributed by atoms with E-state index < -0.39 is 0 Å². The van der Waals surface area contributed by atoms with Crippen LogP contribution in [0.5, 0.6) is 5.75 Å². The SMILES string of the molecule is COc1ccc(CN)c(F)c1Br. The van der Waals surface area contributed by atoms with Crippen LogP contribution in [0.3, 0.4) is 0 Å². The second kappa shape index (κ2) is 3.87. The van der Waals surface area contributed by atoms with Crippen molar-refractivity contribution in [2.75, 3.05) is 7.11 Å². The Labute approximate surface area is 78.6 Å². The zero-order valence-electron chi connectivity index (χ0n) is 6.60. The van der Waals surface area contributed by atoms with Crippen molar-refractivity contribution in [3.63, 3.8) is 0 Å². The van der Waals surface area contributed by atoms with Gasteiger partial charge in [-0.25, -0.2) is 4.39 Å². The van der Waals surface area contributed by atoms with Crippen LogP contribution >= 0.6 is 15.9 Å². The van der Waals surface area contributed by atoms with E-state index in [2.05, 4.69) is 15.9 Å². The summed E-state index contributed by atoms with van der Waals surface area (Å²) < 4.78 is 18.5. The number of hydrogen-bond donors (Lipinski definition) is 1. The molecule has 4 heteroatoms. The molecule has 0 heterocycles. The Morgan fingerprint density at radius 3 is 2.75 bits per heavy atom. The van der Waals surface area contributed by atoms with Gasteiger partial charge in [0.15, 0.2) is 0 Å². The third kappa shape index (κ3) is 1.59. The lowest BCUT2D eigenvalue weighted by Crippen LogP contribution is -2.01. The van der Waals surface area contributed by atoms with Gasteiger partial charge in [0, 0.05) is 12.1 Å². The number of methoxy groups -OCH3 is 1. The zero-order valence-corrected chi connectivity index (χ0v) is 8.19. The largest absolute Gasteiger partial charge is 0.495 e. The van der Waals surface area contributed by atoms with Crippen LogP contribution in [0.4, 0.5) is 4.39 Å². The Hall–Kier alpha value is -0.610. The summed E-state index contributed by atoms with van der Waals surface area (Å²) in [7, 11) is 1.49. The molecule has 0 aliphatic heterocycles. The Morgan fingerprint density at radius 1 is 1.58 bits per heavy atom. The molecule has 0 amide bonds. The first-order valence-corrected chi connectivity index (χ1v) is 4.21. The zero-order chi connectivity index (χ0) is 9.14. The molecule has 12 heavy (non-hydrogen) atoms. The maximum absolute atomic E-state index is 13.2. The van der Waals surface area contributed by atoms with Gasteiger partial charge in [-0.1, -0.05) is 6.07 Å². The molecule has 0 atom stereocenters. The molecular formula is C8H9BrFNO. The van der Waals surface area contributed by atoms with Crippen LogP contribution in [0, 0.1) is 5.82 Å². The van der Waals surface area contributed by atoms with Gasteiger partial charge in [0.1, 0.15) is 11.6 Å². The molecule has 0 aliphatic rings. The van der Waals surface area contributed by atoms with Crippen molar-refractivity contribution in [2.24, 2.45) is 5.73 Å². The predicted octanol–water partition coefficient (Wildman–Crippen LogP) is 2.06. The highest BCUT2D eigenvalue weighted by atomic mass is 79.9. The molecule has 1 aromatic carbocycles. The number of ether oxygens (including phenoxy) is 1. The molecule has 1 rings (SSSR count). The average molecular weight is 234 g/mol. The van der Waals surface area contributed by atoms with Crippen molar-refractivity contribution in [1.29, 1.82) is 0 Å². The van der Waals surface area contributed by atoms with Gasteiger partial charge < -0.3 is 10.5 Å².